The van der Waals surface area contributed by atoms with Gasteiger partial charge in [0, 0.05) is 27.9 Å². The Morgan fingerprint density at radius 2 is 1.75 bits per heavy atom. The predicted octanol–water partition coefficient (Wildman–Crippen LogP) is 0.358. The maximum atomic E-state index is 10.8. The summed E-state index contributed by atoms with van der Waals surface area (Å²) >= 11 is 0. The molecule has 0 bridgehead atoms. The van der Waals surface area contributed by atoms with Crippen LogP contribution in [0.15, 0.2) is 0 Å². The van der Waals surface area contributed by atoms with Crippen LogP contribution < -0.4 is 5.73 Å². The van der Waals surface area contributed by atoms with Crippen molar-refractivity contribution in [2.75, 3.05) is 34.5 Å². The van der Waals surface area contributed by atoms with E-state index in [4.69, 9.17) is 20.5 Å². The zero-order valence-electron chi connectivity index (χ0n) is 10.5. The minimum atomic E-state index is -3.94. The Balaban J connectivity index is -0.000000376. The van der Waals surface area contributed by atoms with Gasteiger partial charge in [0.05, 0.1) is 6.61 Å². The Hall–Kier alpha value is -0.0100. The monoisotopic (exact) mass is 261 g/mol. The highest BCUT2D eigenvalue weighted by Gasteiger charge is 2.23. The standard InChI is InChI=1S/C5H14NO5P.C2H6.CH4O/c1-9-4-5(3-6)11-12(7,8)10-2;2*1-2/h5H,3-4,6H2,1-2H3,(H,7,8);1-2H3;2H,1H3. The average molecular weight is 261 g/mol. The van der Waals surface area contributed by atoms with Crippen LogP contribution in [-0.2, 0) is 18.3 Å². The molecule has 0 aromatic heterocycles. The summed E-state index contributed by atoms with van der Waals surface area (Å²) in [7, 11) is -0.406. The topological polar surface area (TPSA) is 111 Å². The van der Waals surface area contributed by atoms with E-state index in [1.54, 1.807) is 0 Å². The molecule has 16 heavy (non-hydrogen) atoms. The van der Waals surface area contributed by atoms with E-state index in [9.17, 15) is 4.57 Å². The van der Waals surface area contributed by atoms with Crippen LogP contribution in [0.25, 0.3) is 0 Å². The highest BCUT2D eigenvalue weighted by molar-refractivity contribution is 7.47. The number of aliphatic hydroxyl groups excluding tert-OH is 1. The third-order valence-corrected chi connectivity index (χ3v) is 2.15. The van der Waals surface area contributed by atoms with Gasteiger partial charge in [0.25, 0.3) is 0 Å². The van der Waals surface area contributed by atoms with Crippen molar-refractivity contribution in [1.82, 2.24) is 0 Å². The van der Waals surface area contributed by atoms with Gasteiger partial charge in [-0.1, -0.05) is 13.8 Å². The minimum absolute atomic E-state index is 0.0990. The van der Waals surface area contributed by atoms with Gasteiger partial charge in [-0.2, -0.15) is 0 Å². The van der Waals surface area contributed by atoms with Crippen molar-refractivity contribution >= 4 is 7.82 Å². The Morgan fingerprint density at radius 1 is 1.31 bits per heavy atom. The van der Waals surface area contributed by atoms with Crippen molar-refractivity contribution in [2.24, 2.45) is 5.73 Å². The van der Waals surface area contributed by atoms with Gasteiger partial charge < -0.3 is 20.5 Å². The van der Waals surface area contributed by atoms with Crippen molar-refractivity contribution < 1.29 is 28.3 Å². The Bertz CT molecular complexity index is 169. The van der Waals surface area contributed by atoms with Crippen LogP contribution >= 0.6 is 7.82 Å². The lowest BCUT2D eigenvalue weighted by Crippen LogP contribution is -2.27. The number of phosphoric acid groups is 1. The molecule has 0 rings (SSSR count). The Morgan fingerprint density at radius 3 is 2.00 bits per heavy atom. The first-order valence-electron chi connectivity index (χ1n) is 4.76. The first-order valence-corrected chi connectivity index (χ1v) is 6.26. The lowest BCUT2D eigenvalue weighted by Gasteiger charge is -2.16. The summed E-state index contributed by atoms with van der Waals surface area (Å²) in [6.45, 7) is 4.26. The molecule has 7 nitrogen and oxygen atoms in total. The maximum Gasteiger partial charge on any atom is 0.472 e. The number of hydrogen-bond donors (Lipinski definition) is 3. The van der Waals surface area contributed by atoms with Gasteiger partial charge in [-0.3, -0.25) is 9.05 Å². The van der Waals surface area contributed by atoms with Crippen LogP contribution in [0.3, 0.4) is 0 Å². The van der Waals surface area contributed by atoms with Crippen molar-refractivity contribution in [3.8, 4) is 0 Å². The number of aliphatic hydroxyl groups is 1. The molecule has 0 spiro atoms. The van der Waals surface area contributed by atoms with E-state index in [0.29, 0.717) is 0 Å². The van der Waals surface area contributed by atoms with Crippen LogP contribution in [0.4, 0.5) is 0 Å². The zero-order chi connectivity index (χ0) is 13.6. The molecule has 0 fully saturated rings. The SMILES string of the molecule is CC.CO.COCC(CN)OP(=O)(O)OC. The molecule has 2 unspecified atom stereocenters. The highest BCUT2D eigenvalue weighted by Crippen LogP contribution is 2.43. The molecular formula is C8H24NO6P. The Labute approximate surface area is 97.1 Å². The molecule has 0 saturated heterocycles. The van der Waals surface area contributed by atoms with Crippen molar-refractivity contribution in [1.29, 1.82) is 0 Å². The largest absolute Gasteiger partial charge is 0.472 e. The van der Waals surface area contributed by atoms with Gasteiger partial charge in [-0.05, 0) is 0 Å². The van der Waals surface area contributed by atoms with Gasteiger partial charge in [-0.25, -0.2) is 4.57 Å². The van der Waals surface area contributed by atoms with Gasteiger partial charge >= 0.3 is 7.82 Å². The van der Waals surface area contributed by atoms with Gasteiger partial charge in [0.2, 0.25) is 0 Å². The average Bonchev–Trinajstić information content (AvgIpc) is 2.33. The smallest absolute Gasteiger partial charge is 0.400 e. The minimum Gasteiger partial charge on any atom is -0.400 e. The lowest BCUT2D eigenvalue weighted by atomic mass is 10.4. The maximum absolute atomic E-state index is 10.8. The van der Waals surface area contributed by atoms with E-state index >= 15 is 0 Å². The summed E-state index contributed by atoms with van der Waals surface area (Å²) in [5, 5.41) is 7.00. The quantitative estimate of drug-likeness (QED) is 0.592. The molecular weight excluding hydrogens is 237 g/mol. The summed E-state index contributed by atoms with van der Waals surface area (Å²) in [4.78, 5) is 8.85. The summed E-state index contributed by atoms with van der Waals surface area (Å²) in [5.41, 5.74) is 5.23. The molecule has 0 amide bonds. The van der Waals surface area contributed by atoms with Crippen molar-refractivity contribution in [3.63, 3.8) is 0 Å². The fourth-order valence-corrected chi connectivity index (χ4v) is 1.17. The van der Waals surface area contributed by atoms with E-state index < -0.39 is 13.9 Å². The molecule has 4 N–H and O–H groups in total. The second-order valence-electron chi connectivity index (χ2n) is 2.07. The van der Waals surface area contributed by atoms with E-state index in [-0.39, 0.29) is 13.2 Å². The van der Waals surface area contributed by atoms with Crippen molar-refractivity contribution in [3.05, 3.63) is 0 Å². The molecule has 8 heteroatoms. The van der Waals surface area contributed by atoms with E-state index in [1.807, 2.05) is 13.8 Å². The summed E-state index contributed by atoms with van der Waals surface area (Å²) in [5.74, 6) is 0. The van der Waals surface area contributed by atoms with E-state index in [1.165, 1.54) is 7.11 Å². The third kappa shape index (κ3) is 14.0. The first kappa shape index (κ1) is 21.3. The molecule has 0 aromatic rings. The second kappa shape index (κ2) is 15.0. The number of phosphoric ester groups is 1. The molecule has 2 atom stereocenters. The third-order valence-electron chi connectivity index (χ3n) is 1.13. The Kier molecular flexibility index (Phi) is 19.9. The van der Waals surface area contributed by atoms with Crippen LogP contribution in [0, 0.1) is 0 Å². The predicted molar refractivity (Wildman–Crippen MR) is 62.1 cm³/mol. The number of rotatable bonds is 6. The van der Waals surface area contributed by atoms with Crippen LogP contribution in [0.5, 0.6) is 0 Å². The number of methoxy groups -OCH3 is 1. The zero-order valence-corrected chi connectivity index (χ0v) is 11.4. The second-order valence-corrected chi connectivity index (χ2v) is 3.58. The van der Waals surface area contributed by atoms with E-state index in [0.717, 1.165) is 14.2 Å². The lowest BCUT2D eigenvalue weighted by molar-refractivity contribution is 0.0562. The molecule has 0 aromatic carbocycles. The molecule has 0 heterocycles. The first-order chi connectivity index (χ1) is 7.55. The molecule has 0 aliphatic carbocycles. The summed E-state index contributed by atoms with van der Waals surface area (Å²) < 4.78 is 24.3. The number of ether oxygens (including phenoxy) is 1. The molecule has 0 aliphatic rings. The number of nitrogens with two attached hydrogens (primary N) is 1. The molecule has 0 aliphatic heterocycles. The van der Waals surface area contributed by atoms with Gasteiger partial charge in [0.15, 0.2) is 0 Å². The summed E-state index contributed by atoms with van der Waals surface area (Å²) in [6.07, 6.45) is -0.620. The fraction of sp³-hybridized carbons (Fsp3) is 1.00. The van der Waals surface area contributed by atoms with Crippen molar-refractivity contribution in [2.45, 2.75) is 20.0 Å². The molecule has 0 saturated carbocycles. The van der Waals surface area contributed by atoms with Crippen LogP contribution in [0.2, 0.25) is 0 Å². The van der Waals surface area contributed by atoms with Crippen LogP contribution in [-0.4, -0.2) is 50.6 Å². The van der Waals surface area contributed by atoms with Gasteiger partial charge in [0.1, 0.15) is 6.10 Å². The normalized spacial score (nSPS) is 14.8. The molecule has 102 valence electrons. The highest BCUT2D eigenvalue weighted by atomic mass is 31.2. The summed E-state index contributed by atoms with van der Waals surface area (Å²) in [6, 6.07) is 0. The number of hydrogen-bond acceptors (Lipinski definition) is 6. The molecule has 0 radical (unpaired) electrons. The van der Waals surface area contributed by atoms with Crippen LogP contribution in [0.1, 0.15) is 13.8 Å². The van der Waals surface area contributed by atoms with Gasteiger partial charge in [-0.15, -0.1) is 0 Å². The fourth-order valence-electron chi connectivity index (χ4n) is 0.559. The van der Waals surface area contributed by atoms with E-state index in [2.05, 4.69) is 9.05 Å².